The summed E-state index contributed by atoms with van der Waals surface area (Å²) >= 11 is 0. The average Bonchev–Trinajstić information content (AvgIpc) is 3.10. The van der Waals surface area contributed by atoms with E-state index in [4.69, 9.17) is 0 Å². The Kier molecular flexibility index (Phi) is 2.91. The minimum absolute atomic E-state index is 0.291. The topological polar surface area (TPSA) is 40.5 Å². The van der Waals surface area contributed by atoms with Gasteiger partial charge in [-0.3, -0.25) is 4.90 Å². The summed E-state index contributed by atoms with van der Waals surface area (Å²) in [5, 5.41) is 9.46. The molecule has 1 saturated carbocycles. The third-order valence-electron chi connectivity index (χ3n) is 3.60. The van der Waals surface area contributed by atoms with E-state index in [0.717, 1.165) is 12.8 Å². The van der Waals surface area contributed by atoms with E-state index in [0.29, 0.717) is 11.6 Å². The summed E-state index contributed by atoms with van der Waals surface area (Å²) in [7, 11) is 1.79. The molecule has 3 nitrogen and oxygen atoms in total. The molecule has 0 aromatic heterocycles. The summed E-state index contributed by atoms with van der Waals surface area (Å²) in [4.78, 5) is 13.4. The van der Waals surface area contributed by atoms with Crippen molar-refractivity contribution in [3.8, 4) is 0 Å². The quantitative estimate of drug-likeness (QED) is 0.873. The summed E-state index contributed by atoms with van der Waals surface area (Å²) in [6, 6.07) is 6.12. The van der Waals surface area contributed by atoms with Crippen molar-refractivity contribution in [3.63, 3.8) is 0 Å². The Morgan fingerprint density at radius 2 is 2.18 bits per heavy atom. The molecule has 1 unspecified atom stereocenters. The highest BCUT2D eigenvalue weighted by Gasteiger charge is 2.45. The number of hydrogen-bond acceptors (Lipinski definition) is 2. The second-order valence-corrected chi connectivity index (χ2v) is 4.73. The molecule has 1 N–H and O–H groups in total. The lowest BCUT2D eigenvalue weighted by Gasteiger charge is -2.35. The molecule has 0 radical (unpaired) electrons. The standard InChI is InChI=1S/C13H16FNO2/c1-13(12(16)17,15(2)11-6-7-11)9-4-3-5-10(14)8-9/h3-5,8,11H,6-7H2,1-2H3,(H,16,17). The van der Waals surface area contributed by atoms with Crippen molar-refractivity contribution in [1.82, 2.24) is 4.90 Å². The lowest BCUT2D eigenvalue weighted by molar-refractivity contribution is -0.150. The van der Waals surface area contributed by atoms with Gasteiger partial charge in [0.2, 0.25) is 0 Å². The van der Waals surface area contributed by atoms with Gasteiger partial charge in [-0.05, 0) is 44.5 Å². The lowest BCUT2D eigenvalue weighted by Crippen LogP contribution is -2.48. The monoisotopic (exact) mass is 237 g/mol. The predicted octanol–water partition coefficient (Wildman–Crippen LogP) is 2.22. The SMILES string of the molecule is CN(C1CC1)C(C)(C(=O)O)c1cccc(F)c1. The Morgan fingerprint density at radius 1 is 1.53 bits per heavy atom. The number of nitrogens with zero attached hydrogens (tertiary/aromatic N) is 1. The Balaban J connectivity index is 2.43. The average molecular weight is 237 g/mol. The van der Waals surface area contributed by atoms with Crippen LogP contribution in [0, 0.1) is 5.82 Å². The largest absolute Gasteiger partial charge is 0.480 e. The van der Waals surface area contributed by atoms with Gasteiger partial charge in [0, 0.05) is 6.04 Å². The van der Waals surface area contributed by atoms with Crippen molar-refractivity contribution in [2.45, 2.75) is 31.3 Å². The van der Waals surface area contributed by atoms with Crippen LogP contribution in [0.2, 0.25) is 0 Å². The van der Waals surface area contributed by atoms with E-state index >= 15 is 0 Å². The normalized spacial score (nSPS) is 19.1. The molecule has 1 aliphatic carbocycles. The van der Waals surface area contributed by atoms with E-state index in [1.54, 1.807) is 26.1 Å². The maximum atomic E-state index is 13.2. The van der Waals surface area contributed by atoms with Crippen LogP contribution in [0.4, 0.5) is 4.39 Å². The van der Waals surface area contributed by atoms with Crippen molar-refractivity contribution in [1.29, 1.82) is 0 Å². The molecule has 1 aliphatic rings. The third-order valence-corrected chi connectivity index (χ3v) is 3.60. The Bertz CT molecular complexity index is 445. The van der Waals surface area contributed by atoms with Crippen LogP contribution in [0.15, 0.2) is 24.3 Å². The van der Waals surface area contributed by atoms with Crippen molar-refractivity contribution in [2.24, 2.45) is 0 Å². The minimum atomic E-state index is -1.16. The van der Waals surface area contributed by atoms with Gasteiger partial charge in [0.15, 0.2) is 0 Å². The number of carboxylic acid groups (broad SMARTS) is 1. The first kappa shape index (κ1) is 12.0. The van der Waals surface area contributed by atoms with Gasteiger partial charge in [0.25, 0.3) is 0 Å². The zero-order valence-corrected chi connectivity index (χ0v) is 9.98. The maximum absolute atomic E-state index is 13.2. The van der Waals surface area contributed by atoms with Crippen LogP contribution in [0.5, 0.6) is 0 Å². The first-order chi connectivity index (χ1) is 7.96. The highest BCUT2D eigenvalue weighted by atomic mass is 19.1. The second-order valence-electron chi connectivity index (χ2n) is 4.73. The highest BCUT2D eigenvalue weighted by molar-refractivity contribution is 5.80. The first-order valence-electron chi connectivity index (χ1n) is 5.68. The molecular weight excluding hydrogens is 221 g/mol. The van der Waals surface area contributed by atoms with Crippen LogP contribution in [0.25, 0.3) is 0 Å². The molecule has 0 saturated heterocycles. The smallest absolute Gasteiger partial charge is 0.328 e. The summed E-state index contributed by atoms with van der Waals surface area (Å²) in [6.07, 6.45) is 2.02. The number of hydrogen-bond donors (Lipinski definition) is 1. The molecule has 0 aliphatic heterocycles. The molecule has 1 aromatic rings. The summed E-state index contributed by atoms with van der Waals surface area (Å²) in [5.74, 6) is -1.35. The van der Waals surface area contributed by atoms with Crippen LogP contribution < -0.4 is 0 Å². The molecule has 4 heteroatoms. The van der Waals surface area contributed by atoms with Crippen molar-refractivity contribution >= 4 is 5.97 Å². The molecule has 1 aromatic carbocycles. The van der Waals surface area contributed by atoms with Crippen LogP contribution in [-0.4, -0.2) is 29.1 Å². The molecule has 0 amide bonds. The van der Waals surface area contributed by atoms with E-state index in [1.165, 1.54) is 12.1 Å². The van der Waals surface area contributed by atoms with Gasteiger partial charge in [-0.25, -0.2) is 9.18 Å². The molecule has 1 atom stereocenters. The van der Waals surface area contributed by atoms with Gasteiger partial charge in [0.1, 0.15) is 11.4 Å². The molecule has 2 rings (SSSR count). The van der Waals surface area contributed by atoms with Crippen molar-refractivity contribution in [3.05, 3.63) is 35.6 Å². The van der Waals surface area contributed by atoms with E-state index in [2.05, 4.69) is 0 Å². The molecular formula is C13H16FNO2. The van der Waals surface area contributed by atoms with E-state index < -0.39 is 17.3 Å². The fourth-order valence-electron chi connectivity index (χ4n) is 2.10. The number of carboxylic acids is 1. The third kappa shape index (κ3) is 2.05. The Hall–Kier alpha value is -1.42. The van der Waals surface area contributed by atoms with Crippen LogP contribution >= 0.6 is 0 Å². The first-order valence-corrected chi connectivity index (χ1v) is 5.68. The minimum Gasteiger partial charge on any atom is -0.480 e. The van der Waals surface area contributed by atoms with Gasteiger partial charge < -0.3 is 5.11 Å². The van der Waals surface area contributed by atoms with E-state index in [-0.39, 0.29) is 0 Å². The van der Waals surface area contributed by atoms with E-state index in [9.17, 15) is 14.3 Å². The van der Waals surface area contributed by atoms with Gasteiger partial charge in [0.05, 0.1) is 0 Å². The number of halogens is 1. The maximum Gasteiger partial charge on any atom is 0.328 e. The van der Waals surface area contributed by atoms with Crippen LogP contribution in [-0.2, 0) is 10.3 Å². The van der Waals surface area contributed by atoms with Gasteiger partial charge in [-0.1, -0.05) is 12.1 Å². The van der Waals surface area contributed by atoms with Gasteiger partial charge in [-0.2, -0.15) is 0 Å². The van der Waals surface area contributed by atoms with Gasteiger partial charge in [-0.15, -0.1) is 0 Å². The molecule has 0 spiro atoms. The zero-order chi connectivity index (χ0) is 12.6. The van der Waals surface area contributed by atoms with Gasteiger partial charge >= 0.3 is 5.97 Å². The van der Waals surface area contributed by atoms with Crippen molar-refractivity contribution in [2.75, 3.05) is 7.05 Å². The predicted molar refractivity (Wildman–Crippen MR) is 62.2 cm³/mol. The van der Waals surface area contributed by atoms with E-state index in [1.807, 2.05) is 4.90 Å². The molecule has 1 fully saturated rings. The summed E-state index contributed by atoms with van der Waals surface area (Å²) in [5.41, 5.74) is -0.678. The lowest BCUT2D eigenvalue weighted by atomic mass is 9.90. The zero-order valence-electron chi connectivity index (χ0n) is 9.98. The number of aliphatic carboxylic acids is 1. The fourth-order valence-corrected chi connectivity index (χ4v) is 2.10. The molecule has 0 heterocycles. The number of rotatable bonds is 4. The van der Waals surface area contributed by atoms with Crippen molar-refractivity contribution < 1.29 is 14.3 Å². The number of likely N-dealkylation sites (N-methyl/N-ethyl adjacent to an activating group) is 1. The Morgan fingerprint density at radius 3 is 2.65 bits per heavy atom. The van der Waals surface area contributed by atoms with Crippen LogP contribution in [0.3, 0.4) is 0 Å². The van der Waals surface area contributed by atoms with Crippen LogP contribution in [0.1, 0.15) is 25.3 Å². The summed E-state index contributed by atoms with van der Waals surface area (Å²) < 4.78 is 13.2. The number of carbonyl (C=O) groups is 1. The second kappa shape index (κ2) is 4.11. The molecule has 0 bridgehead atoms. The molecule has 17 heavy (non-hydrogen) atoms. The fraction of sp³-hybridized carbons (Fsp3) is 0.462. The highest BCUT2D eigenvalue weighted by Crippen LogP contribution is 2.37. The molecule has 92 valence electrons. The number of benzene rings is 1. The Labute approximate surface area is 99.9 Å². The summed E-state index contributed by atoms with van der Waals surface area (Å²) in [6.45, 7) is 1.63.